The van der Waals surface area contributed by atoms with Crippen LogP contribution in [0.4, 0.5) is 0 Å². The maximum atomic E-state index is 12.8. The molecule has 2 fully saturated rings. The lowest BCUT2D eigenvalue weighted by molar-refractivity contribution is -0.136. The summed E-state index contributed by atoms with van der Waals surface area (Å²) in [4.78, 5) is 24.3. The monoisotopic (exact) mass is 442 g/mol. The summed E-state index contributed by atoms with van der Waals surface area (Å²) >= 11 is 1.95. The molecule has 0 unspecified atom stereocenters. The molecular formula is C23H34N6OS. The average molecular weight is 443 g/mol. The van der Waals surface area contributed by atoms with Crippen LogP contribution in [0.1, 0.15) is 44.0 Å². The number of carbonyl (C=O) groups is 1. The first kappa shape index (κ1) is 22.0. The van der Waals surface area contributed by atoms with Gasteiger partial charge in [0.2, 0.25) is 5.91 Å². The number of guanidine groups is 1. The zero-order chi connectivity index (χ0) is 21.6. The number of nitrogens with one attached hydrogen (secondary N) is 2. The number of thioether (sulfide) groups is 1. The van der Waals surface area contributed by atoms with E-state index in [9.17, 15) is 4.79 Å². The summed E-state index contributed by atoms with van der Waals surface area (Å²) in [6.07, 6.45) is 6.01. The van der Waals surface area contributed by atoms with Gasteiger partial charge in [0.05, 0.1) is 12.2 Å². The van der Waals surface area contributed by atoms with Crippen molar-refractivity contribution in [3.8, 4) is 0 Å². The maximum Gasteiger partial charge on any atom is 0.225 e. The fourth-order valence-electron chi connectivity index (χ4n) is 4.48. The second-order valence-electron chi connectivity index (χ2n) is 8.45. The second kappa shape index (κ2) is 10.4. The number of pyridine rings is 1. The quantitative estimate of drug-likeness (QED) is 0.550. The third-order valence-electron chi connectivity index (χ3n) is 6.23. The number of fused-ring (bicyclic) bond motifs is 1. The van der Waals surface area contributed by atoms with Crippen molar-refractivity contribution in [1.29, 1.82) is 0 Å². The largest absolute Gasteiger partial charge is 0.357 e. The molecule has 0 aromatic carbocycles. The van der Waals surface area contributed by atoms with Crippen LogP contribution in [0.15, 0.2) is 29.4 Å². The number of carbonyl (C=O) groups excluding carboxylic acids is 1. The second-order valence-corrected chi connectivity index (χ2v) is 9.68. The third-order valence-corrected chi connectivity index (χ3v) is 7.17. The molecule has 1 saturated heterocycles. The van der Waals surface area contributed by atoms with Gasteiger partial charge in [-0.2, -0.15) is 11.8 Å². The van der Waals surface area contributed by atoms with Crippen molar-refractivity contribution in [1.82, 2.24) is 24.9 Å². The Morgan fingerprint density at radius 3 is 2.71 bits per heavy atom. The van der Waals surface area contributed by atoms with Crippen LogP contribution >= 0.6 is 11.8 Å². The lowest BCUT2D eigenvalue weighted by Gasteiger charge is -2.34. The molecule has 0 atom stereocenters. The number of hydrogen-bond donors (Lipinski definition) is 2. The summed E-state index contributed by atoms with van der Waals surface area (Å²) in [6.45, 7) is 7.35. The number of hydrogen-bond acceptors (Lipinski definition) is 4. The first-order valence-electron chi connectivity index (χ1n) is 11.5. The minimum atomic E-state index is 0.196. The Morgan fingerprint density at radius 2 is 2.00 bits per heavy atom. The van der Waals surface area contributed by atoms with Crippen molar-refractivity contribution in [2.45, 2.75) is 52.1 Å². The van der Waals surface area contributed by atoms with Gasteiger partial charge < -0.3 is 19.9 Å². The van der Waals surface area contributed by atoms with E-state index in [1.54, 1.807) is 0 Å². The highest BCUT2D eigenvalue weighted by molar-refractivity contribution is 7.99. The van der Waals surface area contributed by atoms with E-state index in [4.69, 9.17) is 4.99 Å². The van der Waals surface area contributed by atoms with E-state index >= 15 is 0 Å². The molecule has 1 amide bonds. The van der Waals surface area contributed by atoms with Crippen molar-refractivity contribution >= 4 is 29.3 Å². The number of nitrogens with zero attached hydrogens (tertiary/aromatic N) is 4. The molecule has 4 rings (SSSR count). The summed E-state index contributed by atoms with van der Waals surface area (Å²) in [5.41, 5.74) is 3.08. The van der Waals surface area contributed by atoms with Gasteiger partial charge in [-0.1, -0.05) is 6.07 Å². The van der Waals surface area contributed by atoms with Gasteiger partial charge in [0.1, 0.15) is 5.65 Å². The smallest absolute Gasteiger partial charge is 0.225 e. The van der Waals surface area contributed by atoms with Crippen LogP contribution in [0, 0.1) is 12.8 Å². The lowest BCUT2D eigenvalue weighted by atomic mass is 9.85. The Morgan fingerprint density at radius 1 is 1.23 bits per heavy atom. The Kier molecular flexibility index (Phi) is 7.37. The molecule has 1 aliphatic carbocycles. The van der Waals surface area contributed by atoms with E-state index in [0.717, 1.165) is 74.1 Å². The molecule has 8 heteroatoms. The first-order chi connectivity index (χ1) is 15.1. The van der Waals surface area contributed by atoms with Gasteiger partial charge in [0.25, 0.3) is 0 Å². The van der Waals surface area contributed by atoms with E-state index in [2.05, 4.69) is 51.0 Å². The van der Waals surface area contributed by atoms with Crippen molar-refractivity contribution in [2.75, 3.05) is 31.1 Å². The van der Waals surface area contributed by atoms with Crippen LogP contribution in [-0.4, -0.2) is 63.3 Å². The zero-order valence-electron chi connectivity index (χ0n) is 18.6. The van der Waals surface area contributed by atoms with E-state index in [1.165, 1.54) is 5.69 Å². The third kappa shape index (κ3) is 5.53. The van der Waals surface area contributed by atoms with Crippen molar-refractivity contribution in [3.63, 3.8) is 0 Å². The predicted molar refractivity (Wildman–Crippen MR) is 128 cm³/mol. The molecule has 2 N–H and O–H groups in total. The fraction of sp³-hybridized carbons (Fsp3) is 0.609. The van der Waals surface area contributed by atoms with Crippen molar-refractivity contribution in [3.05, 3.63) is 35.8 Å². The molecule has 0 spiro atoms. The highest BCUT2D eigenvalue weighted by atomic mass is 32.2. The van der Waals surface area contributed by atoms with Gasteiger partial charge in [-0.25, -0.2) is 9.98 Å². The van der Waals surface area contributed by atoms with Gasteiger partial charge in [-0.05, 0) is 51.7 Å². The SMILES string of the molecule is CCNC(=NCc1cn2c(C)cccc2n1)NC1CCC(C(=O)N2CCSCC2)CC1. The highest BCUT2D eigenvalue weighted by Crippen LogP contribution is 2.27. The van der Waals surface area contributed by atoms with Crippen LogP contribution in [0.5, 0.6) is 0 Å². The van der Waals surface area contributed by atoms with Crippen molar-refractivity contribution < 1.29 is 4.79 Å². The van der Waals surface area contributed by atoms with E-state index in [1.807, 2.05) is 23.9 Å². The average Bonchev–Trinajstić information content (AvgIpc) is 3.23. The van der Waals surface area contributed by atoms with Crippen LogP contribution in [0.2, 0.25) is 0 Å². The van der Waals surface area contributed by atoms with Gasteiger partial charge in [-0.3, -0.25) is 4.79 Å². The molecule has 0 bridgehead atoms. The van der Waals surface area contributed by atoms with Crippen LogP contribution in [-0.2, 0) is 11.3 Å². The molecule has 3 heterocycles. The Hall–Kier alpha value is -2.22. The summed E-state index contributed by atoms with van der Waals surface area (Å²) in [6, 6.07) is 6.49. The number of aromatic nitrogens is 2. The number of aryl methyl sites for hydroxylation is 1. The molecule has 0 radical (unpaired) electrons. The summed E-state index contributed by atoms with van der Waals surface area (Å²) in [5, 5.41) is 6.95. The molecular weight excluding hydrogens is 408 g/mol. The van der Waals surface area contributed by atoms with Crippen molar-refractivity contribution in [2.24, 2.45) is 10.9 Å². The zero-order valence-corrected chi connectivity index (χ0v) is 19.5. The Balaban J connectivity index is 1.31. The van der Waals surface area contributed by atoms with E-state index < -0.39 is 0 Å². The van der Waals surface area contributed by atoms with Gasteiger partial charge in [0.15, 0.2) is 5.96 Å². The standard InChI is InChI=1S/C23H34N6OS/c1-3-24-23(25-15-20-16-29-17(2)5-4-6-21(29)26-20)27-19-9-7-18(8-10-19)22(30)28-11-13-31-14-12-28/h4-6,16,18-19H,3,7-15H2,1-2H3,(H2,24,25,27). The lowest BCUT2D eigenvalue weighted by Crippen LogP contribution is -2.47. The molecule has 2 aromatic heterocycles. The Labute approximate surface area is 189 Å². The molecule has 2 aliphatic rings. The van der Waals surface area contributed by atoms with Crippen LogP contribution < -0.4 is 10.6 Å². The predicted octanol–water partition coefficient (Wildman–Crippen LogP) is 2.83. The van der Waals surface area contributed by atoms with Crippen LogP contribution in [0.3, 0.4) is 0 Å². The minimum Gasteiger partial charge on any atom is -0.357 e. The minimum absolute atomic E-state index is 0.196. The topological polar surface area (TPSA) is 74.0 Å². The summed E-state index contributed by atoms with van der Waals surface area (Å²) in [7, 11) is 0. The molecule has 1 saturated carbocycles. The number of imidazole rings is 1. The number of aliphatic imine (C=N–C) groups is 1. The molecule has 168 valence electrons. The normalized spacial score (nSPS) is 22.5. The van der Waals surface area contributed by atoms with Crippen LogP contribution in [0.25, 0.3) is 5.65 Å². The fourth-order valence-corrected chi connectivity index (χ4v) is 5.38. The first-order valence-corrected chi connectivity index (χ1v) is 12.6. The van der Waals surface area contributed by atoms with Gasteiger partial charge in [-0.15, -0.1) is 0 Å². The summed E-state index contributed by atoms with van der Waals surface area (Å²) in [5.74, 6) is 3.57. The van der Waals surface area contributed by atoms with Gasteiger partial charge in [0, 0.05) is 55.0 Å². The molecule has 2 aromatic rings. The van der Waals surface area contributed by atoms with Gasteiger partial charge >= 0.3 is 0 Å². The highest BCUT2D eigenvalue weighted by Gasteiger charge is 2.30. The number of rotatable bonds is 5. The Bertz CT molecular complexity index is 912. The van der Waals surface area contributed by atoms with E-state index in [0.29, 0.717) is 18.5 Å². The summed E-state index contributed by atoms with van der Waals surface area (Å²) < 4.78 is 2.10. The maximum absolute atomic E-state index is 12.8. The molecule has 1 aliphatic heterocycles. The molecule has 31 heavy (non-hydrogen) atoms. The number of amides is 1. The van der Waals surface area contributed by atoms with E-state index in [-0.39, 0.29) is 5.92 Å². The molecule has 7 nitrogen and oxygen atoms in total.